The Labute approximate surface area is 107 Å². The molecule has 1 aromatic rings. The van der Waals surface area contributed by atoms with Gasteiger partial charge in [-0.05, 0) is 12.1 Å². The van der Waals surface area contributed by atoms with Gasteiger partial charge in [-0.15, -0.1) is 0 Å². The molecule has 0 bridgehead atoms. The van der Waals surface area contributed by atoms with E-state index in [9.17, 15) is 9.59 Å². The molecule has 0 aromatic carbocycles. The maximum Gasteiger partial charge on any atom is 0.404 e. The second kappa shape index (κ2) is 6.27. The summed E-state index contributed by atoms with van der Waals surface area (Å²) in [5.41, 5.74) is 0.0813. The SMILES string of the molecule is O=C(O)NCCNC(=O)c1cc(Cl)cc(Cl)n1. The van der Waals surface area contributed by atoms with Crippen LogP contribution >= 0.6 is 23.2 Å². The third-order valence-electron chi connectivity index (χ3n) is 1.68. The van der Waals surface area contributed by atoms with Crippen LogP contribution in [0.1, 0.15) is 10.5 Å². The summed E-state index contributed by atoms with van der Waals surface area (Å²) in [5, 5.41) is 13.3. The number of rotatable bonds is 4. The van der Waals surface area contributed by atoms with Crippen molar-refractivity contribution in [1.29, 1.82) is 0 Å². The van der Waals surface area contributed by atoms with Crippen LogP contribution in [0, 0.1) is 0 Å². The third-order valence-corrected chi connectivity index (χ3v) is 2.09. The third kappa shape index (κ3) is 4.88. The molecular weight excluding hydrogens is 269 g/mol. The predicted molar refractivity (Wildman–Crippen MR) is 62.6 cm³/mol. The van der Waals surface area contributed by atoms with E-state index in [0.717, 1.165) is 0 Å². The lowest BCUT2D eigenvalue weighted by Gasteiger charge is -2.05. The van der Waals surface area contributed by atoms with Crippen LogP contribution in [0.4, 0.5) is 4.79 Å². The fourth-order valence-electron chi connectivity index (χ4n) is 1.02. The van der Waals surface area contributed by atoms with Gasteiger partial charge in [-0.2, -0.15) is 0 Å². The minimum atomic E-state index is -1.15. The lowest BCUT2D eigenvalue weighted by molar-refractivity contribution is 0.0948. The number of aromatic nitrogens is 1. The molecule has 1 heterocycles. The normalized spacial score (nSPS) is 9.76. The molecule has 0 fully saturated rings. The van der Waals surface area contributed by atoms with Crippen LogP contribution in [-0.2, 0) is 0 Å². The molecular formula is C9H9Cl2N3O3. The summed E-state index contributed by atoms with van der Waals surface area (Å²) in [6.07, 6.45) is -1.15. The molecule has 0 unspecified atom stereocenters. The van der Waals surface area contributed by atoms with E-state index in [1.54, 1.807) is 0 Å². The van der Waals surface area contributed by atoms with E-state index < -0.39 is 12.0 Å². The largest absolute Gasteiger partial charge is 0.465 e. The number of amides is 2. The van der Waals surface area contributed by atoms with Crippen LogP contribution in [0.5, 0.6) is 0 Å². The molecule has 92 valence electrons. The van der Waals surface area contributed by atoms with Gasteiger partial charge in [0.2, 0.25) is 0 Å². The molecule has 0 saturated carbocycles. The second-order valence-electron chi connectivity index (χ2n) is 2.98. The van der Waals surface area contributed by atoms with Gasteiger partial charge in [-0.1, -0.05) is 23.2 Å². The van der Waals surface area contributed by atoms with E-state index in [2.05, 4.69) is 15.6 Å². The van der Waals surface area contributed by atoms with Crippen LogP contribution in [-0.4, -0.2) is 35.2 Å². The van der Waals surface area contributed by atoms with E-state index >= 15 is 0 Å². The summed E-state index contributed by atoms with van der Waals surface area (Å²) in [4.78, 5) is 25.4. The van der Waals surface area contributed by atoms with Crippen molar-refractivity contribution in [2.45, 2.75) is 0 Å². The first-order chi connectivity index (χ1) is 7.99. The van der Waals surface area contributed by atoms with E-state index in [0.29, 0.717) is 5.02 Å². The van der Waals surface area contributed by atoms with Gasteiger partial charge < -0.3 is 15.7 Å². The highest BCUT2D eigenvalue weighted by Crippen LogP contribution is 2.15. The summed E-state index contributed by atoms with van der Waals surface area (Å²) >= 11 is 11.3. The molecule has 1 rings (SSSR count). The zero-order valence-corrected chi connectivity index (χ0v) is 10.0. The average molecular weight is 278 g/mol. The van der Waals surface area contributed by atoms with E-state index in [1.165, 1.54) is 12.1 Å². The Morgan fingerprint density at radius 3 is 2.47 bits per heavy atom. The van der Waals surface area contributed by atoms with Gasteiger partial charge in [0, 0.05) is 18.1 Å². The minimum absolute atomic E-state index is 0.0813. The van der Waals surface area contributed by atoms with Gasteiger partial charge in [-0.25, -0.2) is 9.78 Å². The Bertz CT molecular complexity index is 419. The topological polar surface area (TPSA) is 91.3 Å². The molecule has 8 heteroatoms. The molecule has 3 N–H and O–H groups in total. The maximum atomic E-state index is 11.5. The van der Waals surface area contributed by atoms with Crippen molar-refractivity contribution in [3.63, 3.8) is 0 Å². The first-order valence-electron chi connectivity index (χ1n) is 4.57. The van der Waals surface area contributed by atoms with Crippen molar-refractivity contribution < 1.29 is 14.7 Å². The molecule has 0 aliphatic heterocycles. The van der Waals surface area contributed by atoms with Gasteiger partial charge in [-0.3, -0.25) is 4.79 Å². The number of carbonyl (C=O) groups is 2. The average Bonchev–Trinajstić information content (AvgIpc) is 2.22. The van der Waals surface area contributed by atoms with E-state index in [1.807, 2.05) is 0 Å². The Morgan fingerprint density at radius 2 is 1.88 bits per heavy atom. The van der Waals surface area contributed by atoms with E-state index in [-0.39, 0.29) is 23.9 Å². The summed E-state index contributed by atoms with van der Waals surface area (Å²) in [5.74, 6) is -0.471. The Balaban J connectivity index is 2.49. The summed E-state index contributed by atoms with van der Waals surface area (Å²) in [6, 6.07) is 2.78. The van der Waals surface area contributed by atoms with Crippen molar-refractivity contribution in [1.82, 2.24) is 15.6 Å². The molecule has 17 heavy (non-hydrogen) atoms. The molecule has 0 atom stereocenters. The zero-order valence-electron chi connectivity index (χ0n) is 8.54. The number of pyridine rings is 1. The number of carbonyl (C=O) groups excluding carboxylic acids is 1. The summed E-state index contributed by atoms with van der Waals surface area (Å²) < 4.78 is 0. The van der Waals surface area contributed by atoms with Crippen molar-refractivity contribution in [2.24, 2.45) is 0 Å². The quantitative estimate of drug-likeness (QED) is 0.573. The monoisotopic (exact) mass is 277 g/mol. The van der Waals surface area contributed by atoms with Crippen LogP contribution in [0.3, 0.4) is 0 Å². The van der Waals surface area contributed by atoms with Crippen molar-refractivity contribution in [3.8, 4) is 0 Å². The van der Waals surface area contributed by atoms with Gasteiger partial charge in [0.05, 0.1) is 0 Å². The van der Waals surface area contributed by atoms with Gasteiger partial charge in [0.15, 0.2) is 0 Å². The number of halogens is 2. The number of hydrogen-bond donors (Lipinski definition) is 3. The van der Waals surface area contributed by atoms with Crippen molar-refractivity contribution in [3.05, 3.63) is 28.0 Å². The molecule has 0 spiro atoms. The van der Waals surface area contributed by atoms with Gasteiger partial charge >= 0.3 is 6.09 Å². The molecule has 0 aliphatic carbocycles. The number of hydrogen-bond acceptors (Lipinski definition) is 3. The summed E-state index contributed by atoms with van der Waals surface area (Å²) in [7, 11) is 0. The smallest absolute Gasteiger partial charge is 0.404 e. The maximum absolute atomic E-state index is 11.5. The van der Waals surface area contributed by atoms with Crippen molar-refractivity contribution in [2.75, 3.05) is 13.1 Å². The second-order valence-corrected chi connectivity index (χ2v) is 3.80. The van der Waals surface area contributed by atoms with Gasteiger partial charge in [0.1, 0.15) is 10.8 Å². The molecule has 1 aromatic heterocycles. The molecule has 2 amide bonds. The molecule has 6 nitrogen and oxygen atoms in total. The highest BCUT2D eigenvalue weighted by atomic mass is 35.5. The molecule has 0 aliphatic rings. The number of nitrogens with zero attached hydrogens (tertiary/aromatic N) is 1. The standard InChI is InChI=1S/C9H9Cl2N3O3/c10-5-3-6(14-7(11)4-5)8(15)12-1-2-13-9(16)17/h3-4,13H,1-2H2,(H,12,15)(H,16,17). The lowest BCUT2D eigenvalue weighted by Crippen LogP contribution is -2.34. The van der Waals surface area contributed by atoms with Crippen molar-refractivity contribution >= 4 is 35.2 Å². The Kier molecular flexibility index (Phi) is 4.99. The molecule has 0 saturated heterocycles. The van der Waals surface area contributed by atoms with Crippen LogP contribution in [0.15, 0.2) is 12.1 Å². The first-order valence-corrected chi connectivity index (χ1v) is 5.32. The number of nitrogens with one attached hydrogen (secondary N) is 2. The van der Waals surface area contributed by atoms with Crippen LogP contribution in [0.25, 0.3) is 0 Å². The Morgan fingerprint density at radius 1 is 1.24 bits per heavy atom. The Hall–Kier alpha value is -1.53. The fraction of sp³-hybridized carbons (Fsp3) is 0.222. The van der Waals surface area contributed by atoms with E-state index in [4.69, 9.17) is 28.3 Å². The predicted octanol–water partition coefficient (Wildman–Crippen LogP) is 1.39. The number of carboxylic acid groups (broad SMARTS) is 1. The van der Waals surface area contributed by atoms with Crippen LogP contribution in [0.2, 0.25) is 10.2 Å². The zero-order chi connectivity index (χ0) is 12.8. The highest BCUT2D eigenvalue weighted by Gasteiger charge is 2.08. The first kappa shape index (κ1) is 13.5. The fourth-order valence-corrected chi connectivity index (χ4v) is 1.49. The van der Waals surface area contributed by atoms with Crippen LogP contribution < -0.4 is 10.6 Å². The lowest BCUT2D eigenvalue weighted by atomic mass is 10.3. The molecule has 0 radical (unpaired) electrons. The highest BCUT2D eigenvalue weighted by molar-refractivity contribution is 6.34. The van der Waals surface area contributed by atoms with Gasteiger partial charge in [0.25, 0.3) is 5.91 Å². The minimum Gasteiger partial charge on any atom is -0.465 e. The summed E-state index contributed by atoms with van der Waals surface area (Å²) in [6.45, 7) is 0.256.